The van der Waals surface area contributed by atoms with Gasteiger partial charge in [-0.15, -0.1) is 0 Å². The van der Waals surface area contributed by atoms with Gasteiger partial charge < -0.3 is 10.1 Å². The summed E-state index contributed by atoms with van der Waals surface area (Å²) >= 11 is 3.42. The van der Waals surface area contributed by atoms with E-state index >= 15 is 0 Å². The summed E-state index contributed by atoms with van der Waals surface area (Å²) in [6, 6.07) is 10.4. The summed E-state index contributed by atoms with van der Waals surface area (Å²) < 4.78 is 6.25. The van der Waals surface area contributed by atoms with E-state index in [9.17, 15) is 14.9 Å². The molecule has 7 nitrogen and oxygen atoms in total. The van der Waals surface area contributed by atoms with Crippen LogP contribution in [0.25, 0.3) is 0 Å². The molecule has 0 saturated heterocycles. The number of carbonyl (C=O) groups is 1. The third kappa shape index (κ3) is 5.27. The summed E-state index contributed by atoms with van der Waals surface area (Å²) in [7, 11) is 3.39. The smallest absolute Gasteiger partial charge is 0.293 e. The predicted octanol–water partition coefficient (Wildman–Crippen LogP) is 3.74. The summed E-state index contributed by atoms with van der Waals surface area (Å²) in [4.78, 5) is 24.7. The summed E-state index contributed by atoms with van der Waals surface area (Å²) in [6.07, 6.45) is 0. The first-order chi connectivity index (χ1) is 12.3. The number of amides is 1. The summed E-state index contributed by atoms with van der Waals surface area (Å²) in [5.41, 5.74) is 1.76. The van der Waals surface area contributed by atoms with Crippen molar-refractivity contribution in [2.24, 2.45) is 0 Å². The Morgan fingerprint density at radius 1 is 1.31 bits per heavy atom. The minimum atomic E-state index is -0.501. The van der Waals surface area contributed by atoms with E-state index in [0.717, 1.165) is 21.3 Å². The van der Waals surface area contributed by atoms with Crippen LogP contribution < -0.4 is 10.1 Å². The van der Waals surface area contributed by atoms with Crippen molar-refractivity contribution in [3.8, 4) is 5.75 Å². The second-order valence-corrected chi connectivity index (χ2v) is 6.87. The van der Waals surface area contributed by atoms with Gasteiger partial charge in [-0.3, -0.25) is 19.8 Å². The summed E-state index contributed by atoms with van der Waals surface area (Å²) in [5, 5.41) is 13.8. The molecule has 0 fully saturated rings. The lowest BCUT2D eigenvalue weighted by molar-refractivity contribution is -0.384. The first-order valence-electron chi connectivity index (χ1n) is 7.86. The van der Waals surface area contributed by atoms with Crippen molar-refractivity contribution in [1.82, 2.24) is 4.90 Å². The molecule has 0 radical (unpaired) electrons. The fourth-order valence-corrected chi connectivity index (χ4v) is 2.96. The van der Waals surface area contributed by atoms with E-state index in [2.05, 4.69) is 21.2 Å². The number of hydrogen-bond acceptors (Lipinski definition) is 5. The number of nitrogens with one attached hydrogen (secondary N) is 1. The van der Waals surface area contributed by atoms with Crippen LogP contribution in [0.15, 0.2) is 40.9 Å². The van der Waals surface area contributed by atoms with E-state index in [4.69, 9.17) is 4.74 Å². The number of carbonyl (C=O) groups excluding carboxylic acids is 1. The van der Waals surface area contributed by atoms with Crippen LogP contribution in [0.1, 0.15) is 11.1 Å². The SMILES string of the molecule is COc1ccc(Br)cc1CN(C)CC(=O)Nc1ccc(C)cc1[N+](=O)[O-]. The molecule has 26 heavy (non-hydrogen) atoms. The molecule has 0 unspecified atom stereocenters. The van der Waals surface area contributed by atoms with E-state index in [1.165, 1.54) is 6.07 Å². The van der Waals surface area contributed by atoms with Gasteiger partial charge in [0.05, 0.1) is 18.6 Å². The Balaban J connectivity index is 2.04. The normalized spacial score (nSPS) is 10.7. The van der Waals surface area contributed by atoms with Crippen molar-refractivity contribution in [2.75, 3.05) is 26.0 Å². The first kappa shape index (κ1) is 19.9. The molecule has 0 aliphatic rings. The Bertz CT molecular complexity index is 826. The lowest BCUT2D eigenvalue weighted by Crippen LogP contribution is -2.30. The number of rotatable bonds is 7. The van der Waals surface area contributed by atoms with E-state index < -0.39 is 4.92 Å². The number of aryl methyl sites for hydroxylation is 1. The molecule has 0 heterocycles. The quantitative estimate of drug-likeness (QED) is 0.543. The van der Waals surface area contributed by atoms with E-state index in [1.807, 2.05) is 18.2 Å². The number of halogens is 1. The molecule has 0 bridgehead atoms. The van der Waals surface area contributed by atoms with Crippen LogP contribution in [-0.2, 0) is 11.3 Å². The molecule has 0 spiro atoms. The molecule has 0 aliphatic heterocycles. The zero-order chi connectivity index (χ0) is 19.3. The average Bonchev–Trinajstić information content (AvgIpc) is 2.56. The number of ether oxygens (including phenoxy) is 1. The molecule has 2 aromatic carbocycles. The maximum Gasteiger partial charge on any atom is 0.293 e. The zero-order valence-electron chi connectivity index (χ0n) is 14.8. The van der Waals surface area contributed by atoms with Gasteiger partial charge in [0, 0.05) is 22.6 Å². The topological polar surface area (TPSA) is 84.7 Å². The summed E-state index contributed by atoms with van der Waals surface area (Å²) in [6.45, 7) is 2.34. The number of nitrogens with zero attached hydrogens (tertiary/aromatic N) is 2. The van der Waals surface area contributed by atoms with Crippen molar-refractivity contribution in [3.63, 3.8) is 0 Å². The van der Waals surface area contributed by atoms with Crippen molar-refractivity contribution >= 4 is 33.2 Å². The number of likely N-dealkylation sites (N-methyl/N-ethyl adjacent to an activating group) is 1. The molecular formula is C18H20BrN3O4. The van der Waals surface area contributed by atoms with Crippen molar-refractivity contribution in [2.45, 2.75) is 13.5 Å². The first-order valence-corrected chi connectivity index (χ1v) is 8.65. The van der Waals surface area contributed by atoms with E-state index in [0.29, 0.717) is 6.54 Å². The molecule has 2 aromatic rings. The number of anilines is 1. The van der Waals surface area contributed by atoms with Crippen LogP contribution in [0.4, 0.5) is 11.4 Å². The van der Waals surface area contributed by atoms with Gasteiger partial charge in [0.15, 0.2) is 0 Å². The Kier molecular flexibility index (Phi) is 6.70. The molecule has 0 atom stereocenters. The molecule has 2 rings (SSSR count). The second-order valence-electron chi connectivity index (χ2n) is 5.95. The molecule has 0 aromatic heterocycles. The Labute approximate surface area is 160 Å². The van der Waals surface area contributed by atoms with Gasteiger partial charge in [-0.1, -0.05) is 22.0 Å². The minimum Gasteiger partial charge on any atom is -0.496 e. The van der Waals surface area contributed by atoms with Crippen LogP contribution >= 0.6 is 15.9 Å². The Morgan fingerprint density at radius 2 is 2.04 bits per heavy atom. The molecule has 8 heteroatoms. The standard InChI is InChI=1S/C18H20BrN3O4/c1-12-4-6-15(16(8-12)22(24)25)20-18(23)11-21(2)10-13-9-14(19)5-7-17(13)26-3/h4-9H,10-11H2,1-3H3,(H,20,23). The van der Waals surface area contributed by atoms with Crippen LogP contribution in [0.2, 0.25) is 0 Å². The molecule has 138 valence electrons. The highest BCUT2D eigenvalue weighted by atomic mass is 79.9. The summed E-state index contributed by atoms with van der Waals surface area (Å²) in [5.74, 6) is 0.406. The highest BCUT2D eigenvalue weighted by Crippen LogP contribution is 2.26. The molecule has 0 saturated carbocycles. The van der Waals surface area contributed by atoms with Gasteiger partial charge in [-0.25, -0.2) is 0 Å². The van der Waals surface area contributed by atoms with Gasteiger partial charge in [-0.05, 0) is 43.8 Å². The Hall–Kier alpha value is -2.45. The van der Waals surface area contributed by atoms with Crippen LogP contribution in [0.3, 0.4) is 0 Å². The minimum absolute atomic E-state index is 0.0840. The fourth-order valence-electron chi connectivity index (χ4n) is 2.55. The van der Waals surface area contributed by atoms with Crippen LogP contribution in [0, 0.1) is 17.0 Å². The molecule has 0 aliphatic carbocycles. The molecular weight excluding hydrogens is 402 g/mol. The average molecular weight is 422 g/mol. The third-order valence-corrected chi connectivity index (χ3v) is 4.21. The second kappa shape index (κ2) is 8.77. The van der Waals surface area contributed by atoms with Crippen molar-refractivity contribution in [1.29, 1.82) is 0 Å². The van der Waals surface area contributed by atoms with E-state index in [-0.39, 0.29) is 23.8 Å². The predicted molar refractivity (Wildman–Crippen MR) is 103 cm³/mol. The highest BCUT2D eigenvalue weighted by Gasteiger charge is 2.17. The largest absolute Gasteiger partial charge is 0.496 e. The fraction of sp³-hybridized carbons (Fsp3) is 0.278. The lowest BCUT2D eigenvalue weighted by atomic mass is 10.2. The van der Waals surface area contributed by atoms with Gasteiger partial charge >= 0.3 is 0 Å². The lowest BCUT2D eigenvalue weighted by Gasteiger charge is -2.18. The van der Waals surface area contributed by atoms with Gasteiger partial charge in [-0.2, -0.15) is 0 Å². The zero-order valence-corrected chi connectivity index (χ0v) is 16.4. The third-order valence-electron chi connectivity index (χ3n) is 3.72. The van der Waals surface area contributed by atoms with Crippen molar-refractivity contribution in [3.05, 3.63) is 62.1 Å². The number of benzene rings is 2. The van der Waals surface area contributed by atoms with Gasteiger partial charge in [0.2, 0.25) is 5.91 Å². The maximum atomic E-state index is 12.3. The van der Waals surface area contributed by atoms with Crippen molar-refractivity contribution < 1.29 is 14.5 Å². The van der Waals surface area contributed by atoms with Crippen LogP contribution in [-0.4, -0.2) is 36.4 Å². The number of hydrogen-bond donors (Lipinski definition) is 1. The molecule has 1 amide bonds. The maximum absolute atomic E-state index is 12.3. The van der Waals surface area contributed by atoms with Crippen LogP contribution in [0.5, 0.6) is 5.75 Å². The van der Waals surface area contributed by atoms with Gasteiger partial charge in [0.1, 0.15) is 11.4 Å². The monoisotopic (exact) mass is 421 g/mol. The van der Waals surface area contributed by atoms with E-state index in [1.54, 1.807) is 38.1 Å². The molecule has 1 N–H and O–H groups in total. The highest BCUT2D eigenvalue weighted by molar-refractivity contribution is 9.10. The number of nitro benzene ring substituents is 1. The number of nitro groups is 1. The van der Waals surface area contributed by atoms with Gasteiger partial charge in [0.25, 0.3) is 5.69 Å². The number of methoxy groups -OCH3 is 1. The Morgan fingerprint density at radius 3 is 2.69 bits per heavy atom.